The number of ether oxygens (including phenoxy) is 4. The van der Waals surface area contributed by atoms with Gasteiger partial charge in [-0.25, -0.2) is 0 Å². The normalized spacial score (nSPS) is 36.9. The molecule has 0 unspecified atom stereocenters. The van der Waals surface area contributed by atoms with Crippen LogP contribution in [-0.2, 0) is 28.5 Å². The first kappa shape index (κ1) is 11.3. The third-order valence-corrected chi connectivity index (χ3v) is 2.55. The lowest BCUT2D eigenvalue weighted by molar-refractivity contribution is -0.203. The second-order valence-electron chi connectivity index (χ2n) is 3.90. The van der Waals surface area contributed by atoms with Gasteiger partial charge >= 0.3 is 11.9 Å². The molecule has 4 atom stereocenters. The standard InChI is InChI=1S/C10H14O6/c1-5(11)14-7-3-9-13-4-8(16-9)10(7)15-6(2)12/h7-10H,3-4H2,1-2H3/t7-,8-,9-,10+/m1/s1. The summed E-state index contributed by atoms with van der Waals surface area (Å²) in [4.78, 5) is 21.9. The number of rotatable bonds is 2. The molecule has 0 amide bonds. The van der Waals surface area contributed by atoms with Crippen LogP contribution < -0.4 is 0 Å². The van der Waals surface area contributed by atoms with E-state index in [1.165, 1.54) is 13.8 Å². The molecule has 0 aromatic rings. The van der Waals surface area contributed by atoms with E-state index < -0.39 is 24.1 Å². The van der Waals surface area contributed by atoms with Gasteiger partial charge in [0.15, 0.2) is 12.4 Å². The molecule has 2 aliphatic rings. The van der Waals surface area contributed by atoms with Crippen LogP contribution in [0.1, 0.15) is 20.3 Å². The monoisotopic (exact) mass is 230 g/mol. The van der Waals surface area contributed by atoms with Crippen LogP contribution in [0.3, 0.4) is 0 Å². The van der Waals surface area contributed by atoms with Gasteiger partial charge in [0.25, 0.3) is 0 Å². The smallest absolute Gasteiger partial charge is 0.303 e. The molecule has 0 spiro atoms. The number of hydrogen-bond donors (Lipinski definition) is 0. The fourth-order valence-corrected chi connectivity index (χ4v) is 2.01. The Hall–Kier alpha value is -1.14. The summed E-state index contributed by atoms with van der Waals surface area (Å²) in [5, 5.41) is 0. The number of fused-ring (bicyclic) bond motifs is 2. The van der Waals surface area contributed by atoms with Crippen LogP contribution in [-0.4, -0.2) is 43.1 Å². The lowest BCUT2D eigenvalue weighted by Crippen LogP contribution is -2.48. The summed E-state index contributed by atoms with van der Waals surface area (Å²) in [5.74, 6) is -0.820. The molecule has 0 aromatic carbocycles. The molecule has 2 saturated heterocycles. The zero-order valence-electron chi connectivity index (χ0n) is 9.17. The predicted molar refractivity (Wildman–Crippen MR) is 50.3 cm³/mol. The average molecular weight is 230 g/mol. The van der Waals surface area contributed by atoms with Gasteiger partial charge < -0.3 is 18.9 Å². The maximum absolute atomic E-state index is 11.0. The van der Waals surface area contributed by atoms with Crippen LogP contribution in [0.15, 0.2) is 0 Å². The van der Waals surface area contributed by atoms with Crippen LogP contribution >= 0.6 is 0 Å². The van der Waals surface area contributed by atoms with Gasteiger partial charge in [-0.3, -0.25) is 9.59 Å². The van der Waals surface area contributed by atoms with E-state index in [4.69, 9.17) is 18.9 Å². The molecule has 2 bridgehead atoms. The van der Waals surface area contributed by atoms with Gasteiger partial charge in [0.1, 0.15) is 12.2 Å². The summed E-state index contributed by atoms with van der Waals surface area (Å²) >= 11 is 0. The van der Waals surface area contributed by atoms with Crippen LogP contribution in [0.5, 0.6) is 0 Å². The number of esters is 2. The maximum atomic E-state index is 11.0. The van der Waals surface area contributed by atoms with E-state index >= 15 is 0 Å². The van der Waals surface area contributed by atoms with E-state index in [1.54, 1.807) is 0 Å². The van der Waals surface area contributed by atoms with Crippen molar-refractivity contribution in [2.24, 2.45) is 0 Å². The van der Waals surface area contributed by atoms with Crippen molar-refractivity contribution in [1.29, 1.82) is 0 Å². The minimum Gasteiger partial charge on any atom is -0.458 e. The van der Waals surface area contributed by atoms with E-state index in [2.05, 4.69) is 0 Å². The van der Waals surface area contributed by atoms with Crippen molar-refractivity contribution in [2.75, 3.05) is 6.61 Å². The molecule has 6 heteroatoms. The minimum absolute atomic E-state index is 0.341. The van der Waals surface area contributed by atoms with Crippen LogP contribution in [0.4, 0.5) is 0 Å². The molecule has 2 aliphatic heterocycles. The van der Waals surface area contributed by atoms with E-state index in [0.717, 1.165) is 0 Å². The molecule has 0 saturated carbocycles. The predicted octanol–water partition coefficient (Wildman–Crippen LogP) is -0.00500. The molecule has 90 valence electrons. The van der Waals surface area contributed by atoms with Gasteiger partial charge in [-0.1, -0.05) is 0 Å². The van der Waals surface area contributed by atoms with Crippen molar-refractivity contribution in [2.45, 2.75) is 44.9 Å². The van der Waals surface area contributed by atoms with Gasteiger partial charge in [-0.05, 0) is 0 Å². The largest absolute Gasteiger partial charge is 0.458 e. The first-order chi connectivity index (χ1) is 7.56. The van der Waals surface area contributed by atoms with E-state index in [-0.39, 0.29) is 12.4 Å². The Labute approximate surface area is 92.8 Å². The molecule has 2 rings (SSSR count). The molecular formula is C10H14O6. The summed E-state index contributed by atoms with van der Waals surface area (Å²) in [6, 6.07) is 0. The van der Waals surface area contributed by atoms with Crippen LogP contribution in [0.2, 0.25) is 0 Å². The molecule has 0 N–H and O–H groups in total. The van der Waals surface area contributed by atoms with E-state index in [1.807, 2.05) is 0 Å². The first-order valence-electron chi connectivity index (χ1n) is 5.18. The second-order valence-corrected chi connectivity index (χ2v) is 3.90. The lowest BCUT2D eigenvalue weighted by atomic mass is 10.0. The quantitative estimate of drug-likeness (QED) is 0.621. The third-order valence-electron chi connectivity index (χ3n) is 2.55. The Morgan fingerprint density at radius 1 is 1.19 bits per heavy atom. The Kier molecular flexibility index (Phi) is 3.11. The molecule has 0 radical (unpaired) electrons. The highest BCUT2D eigenvalue weighted by Gasteiger charge is 2.47. The average Bonchev–Trinajstić information content (AvgIpc) is 2.55. The van der Waals surface area contributed by atoms with E-state index in [0.29, 0.717) is 13.0 Å². The number of carbonyl (C=O) groups is 2. The number of carbonyl (C=O) groups excluding carboxylic acids is 2. The summed E-state index contributed by atoms with van der Waals surface area (Å²) in [6.45, 7) is 3.00. The topological polar surface area (TPSA) is 71.1 Å². The SMILES string of the molecule is CC(=O)O[C@H]1[C@H](OC(C)=O)C[C@@H]2OC[C@H]1O2. The molecule has 2 heterocycles. The second kappa shape index (κ2) is 4.39. The molecular weight excluding hydrogens is 216 g/mol. The van der Waals surface area contributed by atoms with Crippen molar-refractivity contribution in [3.63, 3.8) is 0 Å². The van der Waals surface area contributed by atoms with E-state index in [9.17, 15) is 9.59 Å². The van der Waals surface area contributed by atoms with Crippen molar-refractivity contribution < 1.29 is 28.5 Å². The fraction of sp³-hybridized carbons (Fsp3) is 0.800. The van der Waals surface area contributed by atoms with Gasteiger partial charge in [-0.15, -0.1) is 0 Å². The van der Waals surface area contributed by atoms with Gasteiger partial charge in [0.05, 0.1) is 6.61 Å². The zero-order chi connectivity index (χ0) is 11.7. The van der Waals surface area contributed by atoms with Crippen molar-refractivity contribution in [1.82, 2.24) is 0 Å². The van der Waals surface area contributed by atoms with Crippen molar-refractivity contribution >= 4 is 11.9 Å². The maximum Gasteiger partial charge on any atom is 0.303 e. The summed E-state index contributed by atoms with van der Waals surface area (Å²) < 4.78 is 21.0. The fourth-order valence-electron chi connectivity index (χ4n) is 2.01. The molecule has 2 fully saturated rings. The highest BCUT2D eigenvalue weighted by molar-refractivity contribution is 5.67. The first-order valence-corrected chi connectivity index (χ1v) is 5.18. The van der Waals surface area contributed by atoms with Gasteiger partial charge in [0.2, 0.25) is 0 Å². The van der Waals surface area contributed by atoms with Crippen LogP contribution in [0, 0.1) is 0 Å². The summed E-state index contributed by atoms with van der Waals surface area (Å²) in [7, 11) is 0. The highest BCUT2D eigenvalue weighted by atomic mass is 16.7. The van der Waals surface area contributed by atoms with Crippen molar-refractivity contribution in [3.8, 4) is 0 Å². The molecule has 6 nitrogen and oxygen atoms in total. The third kappa shape index (κ3) is 2.33. The zero-order valence-corrected chi connectivity index (χ0v) is 9.17. The highest BCUT2D eigenvalue weighted by Crippen LogP contribution is 2.31. The Bertz CT molecular complexity index is 302. The molecule has 0 aromatic heterocycles. The molecule has 0 aliphatic carbocycles. The lowest BCUT2D eigenvalue weighted by Gasteiger charge is -2.33. The Morgan fingerprint density at radius 2 is 1.88 bits per heavy atom. The van der Waals surface area contributed by atoms with Crippen molar-refractivity contribution in [3.05, 3.63) is 0 Å². The Morgan fingerprint density at radius 3 is 2.50 bits per heavy atom. The van der Waals surface area contributed by atoms with Crippen LogP contribution in [0.25, 0.3) is 0 Å². The van der Waals surface area contributed by atoms with Gasteiger partial charge in [0, 0.05) is 20.3 Å². The summed E-state index contributed by atoms with van der Waals surface area (Å²) in [6.07, 6.45) is -1.35. The molecule has 16 heavy (non-hydrogen) atoms. The van der Waals surface area contributed by atoms with Gasteiger partial charge in [-0.2, -0.15) is 0 Å². The summed E-state index contributed by atoms with van der Waals surface area (Å²) in [5.41, 5.74) is 0. The number of hydrogen-bond acceptors (Lipinski definition) is 6. The Balaban J connectivity index is 2.07. The minimum atomic E-state index is -0.569.